The summed E-state index contributed by atoms with van der Waals surface area (Å²) in [4.78, 5) is 14.3. The van der Waals surface area contributed by atoms with E-state index in [-0.39, 0.29) is 11.9 Å². The maximum Gasteiger partial charge on any atom is 0.223 e. The molecule has 0 saturated heterocycles. The van der Waals surface area contributed by atoms with Gasteiger partial charge in [-0.15, -0.1) is 0 Å². The number of likely N-dealkylation sites (N-methyl/N-ethyl adjacent to an activating group) is 1. The molecule has 1 atom stereocenters. The molecule has 0 aliphatic carbocycles. The first-order chi connectivity index (χ1) is 12.4. The van der Waals surface area contributed by atoms with Gasteiger partial charge in [-0.2, -0.15) is 0 Å². The summed E-state index contributed by atoms with van der Waals surface area (Å²) in [5, 5.41) is 3.02. The van der Waals surface area contributed by atoms with Crippen molar-refractivity contribution in [1.29, 1.82) is 0 Å². The average Bonchev–Trinajstić information content (AvgIpc) is 2.59. The summed E-state index contributed by atoms with van der Waals surface area (Å²) in [5.74, 6) is 0.819. The SMILES string of the molecule is Cc1ccc([C@H](CNC(=O)CCOc2ccc(C)c(C)c2)N(C)C)cc1. The van der Waals surface area contributed by atoms with Crippen LogP contribution in [0.2, 0.25) is 0 Å². The lowest BCUT2D eigenvalue weighted by Crippen LogP contribution is -2.35. The van der Waals surface area contributed by atoms with Crippen LogP contribution in [0.3, 0.4) is 0 Å². The van der Waals surface area contributed by atoms with Crippen molar-refractivity contribution >= 4 is 5.91 Å². The Labute approximate surface area is 157 Å². The third-order valence-corrected chi connectivity index (χ3v) is 4.65. The van der Waals surface area contributed by atoms with Crippen molar-refractivity contribution in [3.8, 4) is 5.75 Å². The van der Waals surface area contributed by atoms with Gasteiger partial charge in [0.1, 0.15) is 5.75 Å². The molecule has 4 heteroatoms. The van der Waals surface area contributed by atoms with E-state index in [1.807, 2.05) is 32.3 Å². The number of hydrogen-bond donors (Lipinski definition) is 1. The first kappa shape index (κ1) is 20.0. The number of benzene rings is 2. The van der Waals surface area contributed by atoms with E-state index in [0.717, 1.165) is 5.75 Å². The topological polar surface area (TPSA) is 41.6 Å². The van der Waals surface area contributed by atoms with Crippen LogP contribution in [0, 0.1) is 20.8 Å². The lowest BCUT2D eigenvalue weighted by molar-refractivity contribution is -0.121. The van der Waals surface area contributed by atoms with Crippen molar-refractivity contribution in [2.45, 2.75) is 33.2 Å². The van der Waals surface area contributed by atoms with Crippen molar-refractivity contribution in [2.24, 2.45) is 0 Å². The van der Waals surface area contributed by atoms with E-state index in [2.05, 4.69) is 55.3 Å². The van der Waals surface area contributed by atoms with Gasteiger partial charge in [0.05, 0.1) is 19.1 Å². The van der Waals surface area contributed by atoms with Crippen molar-refractivity contribution < 1.29 is 9.53 Å². The Balaban J connectivity index is 1.80. The van der Waals surface area contributed by atoms with Crippen LogP contribution < -0.4 is 10.1 Å². The molecule has 0 bridgehead atoms. The van der Waals surface area contributed by atoms with Gasteiger partial charge in [0.2, 0.25) is 5.91 Å². The molecule has 2 aromatic carbocycles. The Morgan fingerprint density at radius 1 is 1.04 bits per heavy atom. The number of hydrogen-bond acceptors (Lipinski definition) is 3. The molecule has 4 nitrogen and oxygen atoms in total. The number of rotatable bonds is 8. The average molecular weight is 354 g/mol. The summed E-state index contributed by atoms with van der Waals surface area (Å²) >= 11 is 0. The van der Waals surface area contributed by atoms with Crippen LogP contribution in [0.15, 0.2) is 42.5 Å². The normalized spacial score (nSPS) is 12.1. The maximum absolute atomic E-state index is 12.2. The van der Waals surface area contributed by atoms with Crippen molar-refractivity contribution in [1.82, 2.24) is 10.2 Å². The number of carbonyl (C=O) groups excluding carboxylic acids is 1. The second kappa shape index (κ2) is 9.39. The molecule has 0 heterocycles. The molecule has 0 saturated carbocycles. The number of ether oxygens (including phenoxy) is 1. The molecular formula is C22H30N2O2. The van der Waals surface area contributed by atoms with Crippen LogP contribution in [-0.2, 0) is 4.79 Å². The molecular weight excluding hydrogens is 324 g/mol. The Morgan fingerprint density at radius 3 is 2.35 bits per heavy atom. The molecule has 140 valence electrons. The number of aryl methyl sites for hydroxylation is 3. The quantitative estimate of drug-likeness (QED) is 0.784. The first-order valence-electron chi connectivity index (χ1n) is 9.06. The van der Waals surface area contributed by atoms with E-state index in [1.54, 1.807) is 0 Å². The van der Waals surface area contributed by atoms with E-state index < -0.39 is 0 Å². The van der Waals surface area contributed by atoms with Gasteiger partial charge >= 0.3 is 0 Å². The molecule has 0 fully saturated rings. The summed E-state index contributed by atoms with van der Waals surface area (Å²) in [6.45, 7) is 7.17. The van der Waals surface area contributed by atoms with Crippen LogP contribution in [0.4, 0.5) is 0 Å². The van der Waals surface area contributed by atoms with Gasteiger partial charge < -0.3 is 15.0 Å². The van der Waals surface area contributed by atoms with Gasteiger partial charge in [-0.3, -0.25) is 4.79 Å². The smallest absolute Gasteiger partial charge is 0.223 e. The van der Waals surface area contributed by atoms with E-state index in [1.165, 1.54) is 22.3 Å². The highest BCUT2D eigenvalue weighted by molar-refractivity contribution is 5.76. The highest BCUT2D eigenvalue weighted by Gasteiger charge is 2.15. The van der Waals surface area contributed by atoms with Gasteiger partial charge in [0.15, 0.2) is 0 Å². The fourth-order valence-corrected chi connectivity index (χ4v) is 2.75. The zero-order valence-corrected chi connectivity index (χ0v) is 16.5. The van der Waals surface area contributed by atoms with Crippen molar-refractivity contribution in [3.05, 3.63) is 64.7 Å². The van der Waals surface area contributed by atoms with Crippen molar-refractivity contribution in [2.75, 3.05) is 27.2 Å². The predicted molar refractivity (Wildman–Crippen MR) is 107 cm³/mol. The highest BCUT2D eigenvalue weighted by Crippen LogP contribution is 2.18. The van der Waals surface area contributed by atoms with Gasteiger partial charge in [-0.05, 0) is 63.7 Å². The van der Waals surface area contributed by atoms with E-state index >= 15 is 0 Å². The van der Waals surface area contributed by atoms with Crippen LogP contribution in [-0.4, -0.2) is 38.1 Å². The summed E-state index contributed by atoms with van der Waals surface area (Å²) in [7, 11) is 4.05. The van der Waals surface area contributed by atoms with E-state index in [0.29, 0.717) is 19.6 Å². The second-order valence-electron chi connectivity index (χ2n) is 7.04. The highest BCUT2D eigenvalue weighted by atomic mass is 16.5. The number of carbonyl (C=O) groups is 1. The molecule has 0 radical (unpaired) electrons. The molecule has 0 aromatic heterocycles. The first-order valence-corrected chi connectivity index (χ1v) is 9.06. The number of nitrogens with one attached hydrogen (secondary N) is 1. The minimum atomic E-state index is 0.00722. The fraction of sp³-hybridized carbons (Fsp3) is 0.409. The van der Waals surface area contributed by atoms with Crippen LogP contribution >= 0.6 is 0 Å². The third-order valence-electron chi connectivity index (χ3n) is 4.65. The molecule has 0 spiro atoms. The standard InChI is InChI=1S/C22H30N2O2/c1-16-6-9-19(10-7-16)21(24(4)5)15-23-22(25)12-13-26-20-11-8-17(2)18(3)14-20/h6-11,14,21H,12-13,15H2,1-5H3,(H,23,25)/t21-/m0/s1. The molecule has 2 aromatic rings. The van der Waals surface area contributed by atoms with Gasteiger partial charge in [-0.25, -0.2) is 0 Å². The number of amides is 1. The molecule has 2 rings (SSSR count). The Hall–Kier alpha value is -2.33. The molecule has 1 amide bonds. The van der Waals surface area contributed by atoms with Gasteiger partial charge in [0.25, 0.3) is 0 Å². The minimum absolute atomic E-state index is 0.00722. The Morgan fingerprint density at radius 2 is 1.73 bits per heavy atom. The van der Waals surface area contributed by atoms with Crippen LogP contribution in [0.25, 0.3) is 0 Å². The Kier molecular flexibility index (Phi) is 7.22. The predicted octanol–water partition coefficient (Wildman–Crippen LogP) is 3.80. The second-order valence-corrected chi connectivity index (χ2v) is 7.04. The summed E-state index contributed by atoms with van der Waals surface area (Å²) in [6.07, 6.45) is 0.348. The fourth-order valence-electron chi connectivity index (χ4n) is 2.75. The number of nitrogens with zero attached hydrogens (tertiary/aromatic N) is 1. The zero-order chi connectivity index (χ0) is 19.1. The van der Waals surface area contributed by atoms with Gasteiger partial charge in [-0.1, -0.05) is 35.9 Å². The van der Waals surface area contributed by atoms with Crippen LogP contribution in [0.5, 0.6) is 5.75 Å². The monoisotopic (exact) mass is 354 g/mol. The summed E-state index contributed by atoms with van der Waals surface area (Å²) < 4.78 is 5.69. The molecule has 0 aliphatic rings. The van der Waals surface area contributed by atoms with Gasteiger partial charge in [0, 0.05) is 6.54 Å². The molecule has 26 heavy (non-hydrogen) atoms. The zero-order valence-electron chi connectivity index (χ0n) is 16.5. The minimum Gasteiger partial charge on any atom is -0.493 e. The van der Waals surface area contributed by atoms with E-state index in [4.69, 9.17) is 4.74 Å². The van der Waals surface area contributed by atoms with Crippen LogP contribution in [0.1, 0.15) is 34.7 Å². The maximum atomic E-state index is 12.2. The molecule has 0 aliphatic heterocycles. The summed E-state index contributed by atoms with van der Waals surface area (Å²) in [5.41, 5.74) is 4.87. The largest absolute Gasteiger partial charge is 0.493 e. The molecule has 1 N–H and O–H groups in total. The third kappa shape index (κ3) is 5.88. The lowest BCUT2D eigenvalue weighted by Gasteiger charge is -2.25. The van der Waals surface area contributed by atoms with E-state index in [9.17, 15) is 4.79 Å². The molecule has 0 unspecified atom stereocenters. The van der Waals surface area contributed by atoms with Crippen molar-refractivity contribution in [3.63, 3.8) is 0 Å². The Bertz CT molecular complexity index is 723. The summed E-state index contributed by atoms with van der Waals surface area (Å²) in [6, 6.07) is 14.6. The lowest BCUT2D eigenvalue weighted by atomic mass is 10.0.